The molecule has 3 rings (SSSR count). The van der Waals surface area contributed by atoms with Gasteiger partial charge in [0, 0.05) is 24.7 Å². The number of ether oxygens (including phenoxy) is 1. The topological polar surface area (TPSA) is 45.6 Å². The van der Waals surface area contributed by atoms with Gasteiger partial charge in [-0.2, -0.15) is 0 Å². The molecular formula is C14H16N2O2. The molecule has 0 radical (unpaired) electrons. The maximum Gasteiger partial charge on any atom is 0.136 e. The summed E-state index contributed by atoms with van der Waals surface area (Å²) in [5.41, 5.74) is 0. The molecule has 4 nitrogen and oxygen atoms in total. The molecule has 0 aliphatic carbocycles. The molecular weight excluding hydrogens is 228 g/mol. The van der Waals surface area contributed by atoms with Crippen LogP contribution in [0.15, 0.2) is 30.5 Å². The molecule has 0 saturated carbocycles. The Bertz CT molecular complexity index is 571. The molecule has 94 valence electrons. The number of hydrogen-bond acceptors (Lipinski definition) is 4. The van der Waals surface area contributed by atoms with Crippen molar-refractivity contribution in [3.63, 3.8) is 0 Å². The van der Waals surface area contributed by atoms with Gasteiger partial charge in [0.25, 0.3) is 0 Å². The molecule has 0 unspecified atom stereocenters. The molecule has 0 amide bonds. The number of aliphatic hydroxyl groups is 1. The fraction of sp³-hybridized carbons (Fsp3) is 0.357. The lowest BCUT2D eigenvalue weighted by atomic mass is 10.1. The van der Waals surface area contributed by atoms with Crippen molar-refractivity contribution < 1.29 is 9.84 Å². The largest absolute Gasteiger partial charge is 0.497 e. The van der Waals surface area contributed by atoms with E-state index in [0.29, 0.717) is 6.54 Å². The van der Waals surface area contributed by atoms with Crippen molar-refractivity contribution in [3.8, 4) is 5.75 Å². The molecule has 1 aromatic heterocycles. The Morgan fingerprint density at radius 2 is 2.28 bits per heavy atom. The van der Waals surface area contributed by atoms with Crippen molar-refractivity contribution >= 4 is 16.6 Å². The summed E-state index contributed by atoms with van der Waals surface area (Å²) in [5.74, 6) is 1.76. The smallest absolute Gasteiger partial charge is 0.136 e. The number of nitrogens with zero attached hydrogens (tertiary/aromatic N) is 2. The highest BCUT2D eigenvalue weighted by Crippen LogP contribution is 2.29. The Labute approximate surface area is 106 Å². The third-order valence-corrected chi connectivity index (χ3v) is 3.42. The van der Waals surface area contributed by atoms with Crippen LogP contribution in [0.2, 0.25) is 0 Å². The molecule has 1 aliphatic heterocycles. The van der Waals surface area contributed by atoms with Gasteiger partial charge in [-0.15, -0.1) is 0 Å². The van der Waals surface area contributed by atoms with Crippen molar-refractivity contribution in [2.24, 2.45) is 0 Å². The maximum absolute atomic E-state index is 9.64. The average Bonchev–Trinajstić information content (AvgIpc) is 2.84. The summed E-state index contributed by atoms with van der Waals surface area (Å²) in [7, 11) is 1.66. The number of hydrogen-bond donors (Lipinski definition) is 1. The molecule has 1 fully saturated rings. The van der Waals surface area contributed by atoms with Crippen molar-refractivity contribution in [2.75, 3.05) is 25.1 Å². The van der Waals surface area contributed by atoms with Crippen molar-refractivity contribution in [2.45, 2.75) is 12.5 Å². The van der Waals surface area contributed by atoms with E-state index in [9.17, 15) is 5.11 Å². The van der Waals surface area contributed by atoms with Gasteiger partial charge >= 0.3 is 0 Å². The number of fused-ring (bicyclic) bond motifs is 1. The van der Waals surface area contributed by atoms with Crippen LogP contribution in [0.4, 0.5) is 5.82 Å². The fourth-order valence-corrected chi connectivity index (χ4v) is 2.45. The average molecular weight is 244 g/mol. The van der Waals surface area contributed by atoms with E-state index in [-0.39, 0.29) is 6.10 Å². The first-order valence-electron chi connectivity index (χ1n) is 6.13. The Kier molecular flexibility index (Phi) is 2.80. The lowest BCUT2D eigenvalue weighted by Gasteiger charge is -2.18. The summed E-state index contributed by atoms with van der Waals surface area (Å²) in [6, 6.07) is 7.98. The van der Waals surface area contributed by atoms with Crippen LogP contribution in [0.25, 0.3) is 10.8 Å². The van der Waals surface area contributed by atoms with E-state index >= 15 is 0 Å². The van der Waals surface area contributed by atoms with E-state index in [4.69, 9.17) is 4.74 Å². The molecule has 4 heteroatoms. The SMILES string of the molecule is COc1ccc2ccnc(N3CC[C@@H](O)C3)c2c1. The Morgan fingerprint density at radius 3 is 3.00 bits per heavy atom. The number of β-amino-alcohol motifs (C(OH)–C–C–N with tert-alkyl or cyclic N) is 1. The van der Waals surface area contributed by atoms with Gasteiger partial charge in [0.15, 0.2) is 0 Å². The zero-order valence-electron chi connectivity index (χ0n) is 10.3. The molecule has 2 heterocycles. The lowest BCUT2D eigenvalue weighted by molar-refractivity contribution is 0.198. The minimum absolute atomic E-state index is 0.243. The third kappa shape index (κ3) is 1.88. The molecule has 1 atom stereocenters. The molecule has 1 aromatic carbocycles. The number of pyridine rings is 1. The van der Waals surface area contributed by atoms with Gasteiger partial charge in [0.05, 0.1) is 13.2 Å². The van der Waals surface area contributed by atoms with Gasteiger partial charge in [0.2, 0.25) is 0 Å². The standard InChI is InChI=1S/C14H16N2O2/c1-18-12-3-2-10-4-6-15-14(13(10)8-12)16-7-5-11(17)9-16/h2-4,6,8,11,17H,5,7,9H2,1H3/t11-/m1/s1. The number of methoxy groups -OCH3 is 1. The monoisotopic (exact) mass is 244 g/mol. The van der Waals surface area contributed by atoms with Crippen LogP contribution in [0.5, 0.6) is 5.75 Å². The second kappa shape index (κ2) is 4.46. The molecule has 1 saturated heterocycles. The quantitative estimate of drug-likeness (QED) is 0.875. The summed E-state index contributed by atoms with van der Waals surface area (Å²) in [6.45, 7) is 1.51. The van der Waals surface area contributed by atoms with Gasteiger partial charge in [-0.05, 0) is 30.0 Å². The van der Waals surface area contributed by atoms with Gasteiger partial charge < -0.3 is 14.7 Å². The van der Waals surface area contributed by atoms with Gasteiger partial charge in [-0.3, -0.25) is 0 Å². The van der Waals surface area contributed by atoms with Crippen LogP contribution in [-0.2, 0) is 0 Å². The molecule has 2 aromatic rings. The van der Waals surface area contributed by atoms with E-state index in [1.807, 2.05) is 30.5 Å². The predicted octanol–water partition coefficient (Wildman–Crippen LogP) is 1.81. The first-order valence-corrected chi connectivity index (χ1v) is 6.13. The number of anilines is 1. The van der Waals surface area contributed by atoms with Gasteiger partial charge in [-0.1, -0.05) is 6.07 Å². The van der Waals surface area contributed by atoms with Crippen molar-refractivity contribution in [3.05, 3.63) is 30.5 Å². The maximum atomic E-state index is 9.64. The highest BCUT2D eigenvalue weighted by Gasteiger charge is 2.22. The second-order valence-corrected chi connectivity index (χ2v) is 4.61. The predicted molar refractivity (Wildman–Crippen MR) is 71.1 cm³/mol. The van der Waals surface area contributed by atoms with E-state index < -0.39 is 0 Å². The summed E-state index contributed by atoms with van der Waals surface area (Å²) < 4.78 is 5.27. The fourth-order valence-electron chi connectivity index (χ4n) is 2.45. The lowest BCUT2D eigenvalue weighted by Crippen LogP contribution is -2.22. The molecule has 0 bridgehead atoms. The zero-order valence-corrected chi connectivity index (χ0v) is 10.3. The molecule has 18 heavy (non-hydrogen) atoms. The zero-order chi connectivity index (χ0) is 12.5. The molecule has 0 spiro atoms. The number of aliphatic hydroxyl groups excluding tert-OH is 1. The number of benzene rings is 1. The van der Waals surface area contributed by atoms with E-state index in [1.54, 1.807) is 7.11 Å². The minimum Gasteiger partial charge on any atom is -0.497 e. The van der Waals surface area contributed by atoms with Crippen molar-refractivity contribution in [1.82, 2.24) is 4.98 Å². The van der Waals surface area contributed by atoms with E-state index in [1.165, 1.54) is 0 Å². The second-order valence-electron chi connectivity index (χ2n) is 4.61. The Balaban J connectivity index is 2.10. The van der Waals surface area contributed by atoms with E-state index in [0.717, 1.165) is 35.3 Å². The highest BCUT2D eigenvalue weighted by atomic mass is 16.5. The van der Waals surface area contributed by atoms with Crippen LogP contribution in [0.3, 0.4) is 0 Å². The number of aromatic nitrogens is 1. The molecule has 1 aliphatic rings. The van der Waals surface area contributed by atoms with E-state index in [2.05, 4.69) is 9.88 Å². The minimum atomic E-state index is -0.243. The first-order chi connectivity index (χ1) is 8.78. The summed E-state index contributed by atoms with van der Waals surface area (Å²) in [5, 5.41) is 11.9. The Morgan fingerprint density at radius 1 is 1.39 bits per heavy atom. The van der Waals surface area contributed by atoms with Crippen LogP contribution in [0.1, 0.15) is 6.42 Å². The van der Waals surface area contributed by atoms with Crippen molar-refractivity contribution in [1.29, 1.82) is 0 Å². The Hall–Kier alpha value is -1.81. The van der Waals surface area contributed by atoms with Gasteiger partial charge in [-0.25, -0.2) is 4.98 Å². The summed E-state index contributed by atoms with van der Waals surface area (Å²) in [6.07, 6.45) is 2.38. The first kappa shape index (κ1) is 11.3. The van der Waals surface area contributed by atoms with Crippen LogP contribution < -0.4 is 9.64 Å². The van der Waals surface area contributed by atoms with Gasteiger partial charge in [0.1, 0.15) is 11.6 Å². The number of rotatable bonds is 2. The van der Waals surface area contributed by atoms with Crippen LogP contribution in [-0.4, -0.2) is 36.4 Å². The third-order valence-electron chi connectivity index (χ3n) is 3.42. The summed E-state index contributed by atoms with van der Waals surface area (Å²) >= 11 is 0. The normalized spacial score (nSPS) is 19.4. The highest BCUT2D eigenvalue weighted by molar-refractivity contribution is 5.93. The van der Waals surface area contributed by atoms with Crippen LogP contribution in [0, 0.1) is 0 Å². The summed E-state index contributed by atoms with van der Waals surface area (Å²) in [4.78, 5) is 6.59. The van der Waals surface area contributed by atoms with Crippen LogP contribution >= 0.6 is 0 Å². The molecule has 1 N–H and O–H groups in total.